The first kappa shape index (κ1) is 21.5. The molecule has 162 valence electrons. The highest BCUT2D eigenvalue weighted by Gasteiger charge is 2.17. The Hall–Kier alpha value is -2.75. The van der Waals surface area contributed by atoms with Crippen LogP contribution in [0.1, 0.15) is 25.1 Å². The van der Waals surface area contributed by atoms with Gasteiger partial charge in [-0.1, -0.05) is 11.6 Å². The lowest BCUT2D eigenvalue weighted by Gasteiger charge is -2.09. The Morgan fingerprint density at radius 1 is 1.19 bits per heavy atom. The van der Waals surface area contributed by atoms with E-state index in [4.69, 9.17) is 16.3 Å². The molecule has 0 unspecified atom stereocenters. The number of carbonyl (C=O) groups is 1. The smallest absolute Gasteiger partial charge is 0.272 e. The number of aryl methyl sites for hydroxylation is 2. The lowest BCUT2D eigenvalue weighted by molar-refractivity contribution is -0.116. The van der Waals surface area contributed by atoms with Crippen LogP contribution in [0.4, 0.5) is 5.69 Å². The van der Waals surface area contributed by atoms with Crippen molar-refractivity contribution in [3.63, 3.8) is 0 Å². The van der Waals surface area contributed by atoms with Crippen molar-refractivity contribution in [1.29, 1.82) is 0 Å². The van der Waals surface area contributed by atoms with Gasteiger partial charge < -0.3 is 10.1 Å². The molecule has 1 N–H and O–H groups in total. The zero-order valence-electron chi connectivity index (χ0n) is 17.0. The highest BCUT2D eigenvalue weighted by atomic mass is 35.5. The molecular weight excluding hydrogens is 438 g/mol. The highest BCUT2D eigenvalue weighted by Crippen LogP contribution is 2.21. The fraction of sp³-hybridized carbons (Fsp3) is 0.333. The van der Waals surface area contributed by atoms with E-state index in [-0.39, 0.29) is 11.5 Å². The third-order valence-electron chi connectivity index (χ3n) is 4.94. The van der Waals surface area contributed by atoms with E-state index in [9.17, 15) is 9.59 Å². The number of amides is 1. The first-order chi connectivity index (χ1) is 15.1. The predicted molar refractivity (Wildman–Crippen MR) is 122 cm³/mol. The summed E-state index contributed by atoms with van der Waals surface area (Å²) in [6, 6.07) is 8.91. The molecule has 3 aromatic heterocycles. The van der Waals surface area contributed by atoms with E-state index in [0.717, 1.165) is 11.3 Å². The van der Waals surface area contributed by atoms with Gasteiger partial charge in [-0.3, -0.25) is 18.6 Å². The zero-order valence-corrected chi connectivity index (χ0v) is 18.6. The monoisotopic (exact) mass is 459 g/mol. The van der Waals surface area contributed by atoms with Crippen LogP contribution in [0.2, 0.25) is 5.02 Å². The van der Waals surface area contributed by atoms with Gasteiger partial charge in [-0.15, -0.1) is 21.5 Å². The van der Waals surface area contributed by atoms with Gasteiger partial charge in [0.2, 0.25) is 11.7 Å². The van der Waals surface area contributed by atoms with Crippen molar-refractivity contribution in [1.82, 2.24) is 19.2 Å². The van der Waals surface area contributed by atoms with Crippen molar-refractivity contribution < 1.29 is 9.53 Å². The van der Waals surface area contributed by atoms with Crippen LogP contribution in [0.3, 0.4) is 0 Å². The van der Waals surface area contributed by atoms with E-state index in [1.165, 1.54) is 11.3 Å². The molecule has 31 heavy (non-hydrogen) atoms. The van der Waals surface area contributed by atoms with E-state index in [2.05, 4.69) is 15.5 Å². The number of carbonyl (C=O) groups excluding carboxylic acids is 1. The standard InChI is InChI=1S/C21H22ClN5O3S/c1-30-12-3-11-26-20(29)19-16(10-13-31-19)27-17(24-25-21(26)27)4-2-5-18(28)23-15-8-6-14(22)7-9-15/h6-10,13H,2-5,11-12H2,1H3,(H,23,28). The maximum absolute atomic E-state index is 12.9. The molecule has 0 fully saturated rings. The number of aromatic nitrogens is 4. The summed E-state index contributed by atoms with van der Waals surface area (Å²) in [4.78, 5) is 25.2. The average molecular weight is 460 g/mol. The van der Waals surface area contributed by atoms with Crippen LogP contribution in [0.5, 0.6) is 0 Å². The minimum atomic E-state index is -0.0757. The number of thiophene rings is 1. The van der Waals surface area contributed by atoms with Crippen molar-refractivity contribution in [3.05, 3.63) is 56.9 Å². The Kier molecular flexibility index (Phi) is 6.64. The number of nitrogens with zero attached hydrogens (tertiary/aromatic N) is 4. The number of methoxy groups -OCH3 is 1. The first-order valence-electron chi connectivity index (χ1n) is 9.97. The van der Waals surface area contributed by atoms with Crippen LogP contribution in [-0.4, -0.2) is 38.8 Å². The minimum Gasteiger partial charge on any atom is -0.385 e. The molecule has 0 spiro atoms. The van der Waals surface area contributed by atoms with Gasteiger partial charge in [0.1, 0.15) is 10.5 Å². The van der Waals surface area contributed by atoms with Crippen molar-refractivity contribution in [3.8, 4) is 0 Å². The van der Waals surface area contributed by atoms with Gasteiger partial charge >= 0.3 is 0 Å². The molecule has 0 radical (unpaired) electrons. The number of anilines is 1. The second kappa shape index (κ2) is 9.59. The molecule has 8 nitrogen and oxygen atoms in total. The normalized spacial score (nSPS) is 11.4. The fourth-order valence-electron chi connectivity index (χ4n) is 3.47. The van der Waals surface area contributed by atoms with Crippen LogP contribution in [0.25, 0.3) is 16.0 Å². The van der Waals surface area contributed by atoms with Gasteiger partial charge in [-0.25, -0.2) is 0 Å². The highest BCUT2D eigenvalue weighted by molar-refractivity contribution is 7.17. The topological polar surface area (TPSA) is 90.5 Å². The molecule has 1 aromatic carbocycles. The van der Waals surface area contributed by atoms with Crippen molar-refractivity contribution in [2.45, 2.75) is 32.2 Å². The van der Waals surface area contributed by atoms with Crippen molar-refractivity contribution in [2.24, 2.45) is 0 Å². The number of halogens is 1. The molecule has 0 aliphatic carbocycles. The van der Waals surface area contributed by atoms with Crippen LogP contribution in [0, 0.1) is 0 Å². The van der Waals surface area contributed by atoms with E-state index < -0.39 is 0 Å². The Balaban J connectivity index is 1.51. The molecule has 0 aliphatic heterocycles. The maximum Gasteiger partial charge on any atom is 0.272 e. The van der Waals surface area contributed by atoms with Gasteiger partial charge in [0.15, 0.2) is 0 Å². The largest absolute Gasteiger partial charge is 0.385 e. The SMILES string of the molecule is COCCCn1c(=O)c2sccc2n2c(CCCC(=O)Nc3ccc(Cl)cc3)nnc12. The molecular formula is C21H22ClN5O3S. The molecule has 0 atom stereocenters. The van der Waals surface area contributed by atoms with Gasteiger partial charge in [0.05, 0.1) is 5.52 Å². The predicted octanol–water partition coefficient (Wildman–Crippen LogP) is 3.76. The van der Waals surface area contributed by atoms with Crippen molar-refractivity contribution >= 4 is 50.5 Å². The van der Waals surface area contributed by atoms with Crippen molar-refractivity contribution in [2.75, 3.05) is 19.0 Å². The molecule has 10 heteroatoms. The summed E-state index contributed by atoms with van der Waals surface area (Å²) in [6.45, 7) is 1.07. The Labute approximate surface area is 187 Å². The summed E-state index contributed by atoms with van der Waals surface area (Å²) in [7, 11) is 1.64. The summed E-state index contributed by atoms with van der Waals surface area (Å²) in [5, 5.41) is 14.0. The Bertz CT molecular complexity index is 1260. The molecule has 0 bridgehead atoms. The average Bonchev–Trinajstić information content (AvgIpc) is 3.39. The van der Waals surface area contributed by atoms with Gasteiger partial charge in [-0.05, 0) is 48.6 Å². The van der Waals surface area contributed by atoms with Crippen LogP contribution in [0.15, 0.2) is 40.5 Å². The van der Waals surface area contributed by atoms with Gasteiger partial charge in [0.25, 0.3) is 5.56 Å². The van der Waals surface area contributed by atoms with Crippen LogP contribution < -0.4 is 10.9 Å². The molecule has 0 saturated carbocycles. The lowest BCUT2D eigenvalue weighted by Crippen LogP contribution is -2.23. The quantitative estimate of drug-likeness (QED) is 0.385. The summed E-state index contributed by atoms with van der Waals surface area (Å²) >= 11 is 7.28. The third kappa shape index (κ3) is 4.63. The van der Waals surface area contributed by atoms with Crippen LogP contribution >= 0.6 is 22.9 Å². The summed E-state index contributed by atoms with van der Waals surface area (Å²) in [5.74, 6) is 1.18. The second-order valence-corrected chi connectivity index (χ2v) is 8.45. The van der Waals surface area contributed by atoms with Gasteiger partial charge in [0, 0.05) is 43.8 Å². The maximum atomic E-state index is 12.9. The third-order valence-corrected chi connectivity index (χ3v) is 6.09. The Morgan fingerprint density at radius 3 is 2.77 bits per heavy atom. The van der Waals surface area contributed by atoms with E-state index >= 15 is 0 Å². The first-order valence-corrected chi connectivity index (χ1v) is 11.2. The molecule has 3 heterocycles. The molecule has 1 amide bonds. The lowest BCUT2D eigenvalue weighted by atomic mass is 10.2. The Morgan fingerprint density at radius 2 is 2.00 bits per heavy atom. The second-order valence-electron chi connectivity index (χ2n) is 7.10. The number of ether oxygens (including phenoxy) is 1. The molecule has 0 aliphatic rings. The van der Waals surface area contributed by atoms with E-state index in [1.807, 2.05) is 15.8 Å². The van der Waals surface area contributed by atoms with Crippen LogP contribution in [-0.2, 0) is 22.5 Å². The van der Waals surface area contributed by atoms with Gasteiger partial charge in [-0.2, -0.15) is 0 Å². The number of hydrogen-bond acceptors (Lipinski definition) is 6. The molecule has 4 rings (SSSR count). The number of hydrogen-bond donors (Lipinski definition) is 1. The molecule has 0 saturated heterocycles. The summed E-state index contributed by atoms with van der Waals surface area (Å²) < 4.78 is 9.37. The zero-order chi connectivity index (χ0) is 21.8. The van der Waals surface area contributed by atoms with E-state index in [0.29, 0.717) is 60.0 Å². The number of benzene rings is 1. The molecule has 4 aromatic rings. The number of rotatable bonds is 9. The number of nitrogens with one attached hydrogen (secondary N) is 1. The van der Waals surface area contributed by atoms with E-state index in [1.54, 1.807) is 35.9 Å². The summed E-state index contributed by atoms with van der Waals surface area (Å²) in [6.07, 6.45) is 2.22. The minimum absolute atomic E-state index is 0.0603. The summed E-state index contributed by atoms with van der Waals surface area (Å²) in [5.41, 5.74) is 1.45. The number of fused-ring (bicyclic) bond motifs is 3. The fourth-order valence-corrected chi connectivity index (χ4v) is 4.43.